The van der Waals surface area contributed by atoms with E-state index >= 15 is 0 Å². The molecule has 98 valence electrons. The van der Waals surface area contributed by atoms with Gasteiger partial charge in [-0.2, -0.15) is 0 Å². The molecule has 0 radical (unpaired) electrons. The van der Waals surface area contributed by atoms with Gasteiger partial charge in [-0.05, 0) is 36.8 Å². The Morgan fingerprint density at radius 3 is 2.26 bits per heavy atom. The van der Waals surface area contributed by atoms with Gasteiger partial charge in [0.2, 0.25) is 0 Å². The summed E-state index contributed by atoms with van der Waals surface area (Å²) in [5.41, 5.74) is 2.21. The number of methoxy groups -OCH3 is 1. The Morgan fingerprint density at radius 2 is 1.68 bits per heavy atom. The van der Waals surface area contributed by atoms with Gasteiger partial charge in [-0.1, -0.05) is 41.6 Å². The average molecular weight is 272 g/mol. The van der Waals surface area contributed by atoms with Crippen LogP contribution in [0, 0.1) is 6.92 Å². The van der Waals surface area contributed by atoms with Crippen LogP contribution in [0.25, 0.3) is 0 Å². The molecule has 0 aliphatic heterocycles. The van der Waals surface area contributed by atoms with Gasteiger partial charge in [0.05, 0.1) is 7.11 Å². The van der Waals surface area contributed by atoms with Crippen molar-refractivity contribution in [2.45, 2.75) is 18.2 Å². The molecule has 0 fully saturated rings. The first kappa shape index (κ1) is 13.7. The van der Waals surface area contributed by atoms with Gasteiger partial charge >= 0.3 is 0 Å². The molecule has 2 nitrogen and oxygen atoms in total. The number of hydrogen-bond donors (Lipinski definition) is 0. The van der Waals surface area contributed by atoms with E-state index in [2.05, 4.69) is 0 Å². The van der Waals surface area contributed by atoms with Gasteiger partial charge in [0.25, 0.3) is 0 Å². The third kappa shape index (κ3) is 4.14. The van der Waals surface area contributed by atoms with Crippen molar-refractivity contribution in [3.05, 3.63) is 59.7 Å². The second-order valence-electron chi connectivity index (χ2n) is 4.31. The lowest BCUT2D eigenvalue weighted by atomic mass is 10.2. The summed E-state index contributed by atoms with van der Waals surface area (Å²) in [6, 6.07) is 15.6. The third-order valence-corrected chi connectivity index (χ3v) is 3.64. The summed E-state index contributed by atoms with van der Waals surface area (Å²) in [7, 11) is 1.63. The first-order valence-corrected chi connectivity index (χ1v) is 6.89. The second kappa shape index (κ2) is 6.43. The number of hydrogen-bond acceptors (Lipinski definition) is 3. The summed E-state index contributed by atoms with van der Waals surface area (Å²) in [5, 5.41) is 0.147. The molecule has 3 heteroatoms. The van der Waals surface area contributed by atoms with Crippen LogP contribution in [0.1, 0.15) is 11.1 Å². The maximum absolute atomic E-state index is 12.0. The molecule has 2 rings (SSSR count). The van der Waals surface area contributed by atoms with E-state index in [1.54, 1.807) is 7.11 Å². The van der Waals surface area contributed by atoms with Gasteiger partial charge < -0.3 is 4.74 Å². The van der Waals surface area contributed by atoms with E-state index in [1.807, 2.05) is 55.5 Å². The van der Waals surface area contributed by atoms with E-state index in [-0.39, 0.29) is 5.12 Å². The predicted molar refractivity (Wildman–Crippen MR) is 78.7 cm³/mol. The molecular formula is C16H16O2S. The van der Waals surface area contributed by atoms with Crippen molar-refractivity contribution < 1.29 is 9.53 Å². The zero-order chi connectivity index (χ0) is 13.7. The zero-order valence-corrected chi connectivity index (χ0v) is 11.9. The number of thioether (sulfide) groups is 1. The van der Waals surface area contributed by atoms with E-state index in [0.717, 1.165) is 16.2 Å². The van der Waals surface area contributed by atoms with Crippen LogP contribution in [0.2, 0.25) is 0 Å². The van der Waals surface area contributed by atoms with E-state index in [1.165, 1.54) is 17.3 Å². The van der Waals surface area contributed by atoms with E-state index < -0.39 is 0 Å². The molecule has 0 aliphatic rings. The molecule has 0 unspecified atom stereocenters. The van der Waals surface area contributed by atoms with Crippen LogP contribution in [0.4, 0.5) is 0 Å². The molecule has 0 spiro atoms. The first-order valence-electron chi connectivity index (χ1n) is 6.07. The maximum Gasteiger partial charge on any atom is 0.198 e. The molecule has 0 heterocycles. The van der Waals surface area contributed by atoms with Gasteiger partial charge in [0, 0.05) is 11.3 Å². The molecule has 0 bridgehead atoms. The standard InChI is InChI=1S/C16H16O2S/c1-12-3-9-15(10-4-12)19-16(17)11-13-5-7-14(18-2)8-6-13/h3-10H,11H2,1-2H3. The largest absolute Gasteiger partial charge is 0.497 e. The van der Waals surface area contributed by atoms with Crippen LogP contribution >= 0.6 is 11.8 Å². The van der Waals surface area contributed by atoms with Crippen LogP contribution in [-0.4, -0.2) is 12.2 Å². The van der Waals surface area contributed by atoms with Crippen molar-refractivity contribution >= 4 is 16.9 Å². The van der Waals surface area contributed by atoms with Crippen molar-refractivity contribution in [1.29, 1.82) is 0 Å². The van der Waals surface area contributed by atoms with Crippen LogP contribution in [0.5, 0.6) is 5.75 Å². The van der Waals surface area contributed by atoms with Crippen LogP contribution in [0.15, 0.2) is 53.4 Å². The lowest BCUT2D eigenvalue weighted by molar-refractivity contribution is -0.110. The minimum Gasteiger partial charge on any atom is -0.497 e. The topological polar surface area (TPSA) is 26.3 Å². The van der Waals surface area contributed by atoms with Gasteiger partial charge in [-0.25, -0.2) is 0 Å². The quantitative estimate of drug-likeness (QED) is 0.790. The Labute approximate surface area is 117 Å². The average Bonchev–Trinajstić information content (AvgIpc) is 2.42. The number of aryl methyl sites for hydroxylation is 1. The summed E-state index contributed by atoms with van der Waals surface area (Å²) in [6.45, 7) is 2.04. The molecule has 2 aromatic rings. The molecule has 0 N–H and O–H groups in total. The zero-order valence-electron chi connectivity index (χ0n) is 11.1. The van der Waals surface area contributed by atoms with E-state index in [4.69, 9.17) is 4.74 Å². The Balaban J connectivity index is 1.95. The van der Waals surface area contributed by atoms with E-state index in [9.17, 15) is 4.79 Å². The third-order valence-electron chi connectivity index (χ3n) is 2.76. The van der Waals surface area contributed by atoms with Crippen molar-refractivity contribution in [2.24, 2.45) is 0 Å². The Morgan fingerprint density at radius 1 is 1.05 bits per heavy atom. The number of rotatable bonds is 4. The van der Waals surface area contributed by atoms with Gasteiger partial charge in [0.15, 0.2) is 5.12 Å². The highest BCUT2D eigenvalue weighted by Crippen LogP contribution is 2.21. The van der Waals surface area contributed by atoms with Gasteiger partial charge in [-0.3, -0.25) is 4.79 Å². The van der Waals surface area contributed by atoms with Crippen LogP contribution in [0.3, 0.4) is 0 Å². The Hall–Kier alpha value is -1.74. The second-order valence-corrected chi connectivity index (χ2v) is 5.44. The minimum absolute atomic E-state index is 0.147. The summed E-state index contributed by atoms with van der Waals surface area (Å²) in [6.07, 6.45) is 0.433. The highest BCUT2D eigenvalue weighted by Gasteiger charge is 2.06. The van der Waals surface area contributed by atoms with E-state index in [0.29, 0.717) is 6.42 Å². The highest BCUT2D eigenvalue weighted by molar-refractivity contribution is 8.13. The van der Waals surface area contributed by atoms with Gasteiger partial charge in [-0.15, -0.1) is 0 Å². The molecular weight excluding hydrogens is 256 g/mol. The molecule has 2 aromatic carbocycles. The smallest absolute Gasteiger partial charge is 0.198 e. The number of carbonyl (C=O) groups excluding carboxylic acids is 1. The molecule has 0 aromatic heterocycles. The first-order chi connectivity index (χ1) is 9.17. The van der Waals surface area contributed by atoms with Crippen LogP contribution in [-0.2, 0) is 11.2 Å². The number of ether oxygens (including phenoxy) is 1. The summed E-state index contributed by atoms with van der Waals surface area (Å²) in [4.78, 5) is 12.9. The number of carbonyl (C=O) groups is 1. The SMILES string of the molecule is COc1ccc(CC(=O)Sc2ccc(C)cc2)cc1. The normalized spacial score (nSPS) is 10.2. The summed E-state index contributed by atoms with van der Waals surface area (Å²) >= 11 is 1.29. The molecule has 0 atom stereocenters. The maximum atomic E-state index is 12.0. The van der Waals surface area contributed by atoms with Crippen molar-refractivity contribution in [3.63, 3.8) is 0 Å². The summed E-state index contributed by atoms with van der Waals surface area (Å²) in [5.74, 6) is 0.808. The lowest BCUT2D eigenvalue weighted by Gasteiger charge is -2.03. The van der Waals surface area contributed by atoms with Crippen molar-refractivity contribution in [3.8, 4) is 5.75 Å². The molecule has 0 amide bonds. The predicted octanol–water partition coefficient (Wildman–Crippen LogP) is 3.87. The highest BCUT2D eigenvalue weighted by atomic mass is 32.2. The Bertz CT molecular complexity index is 544. The molecule has 0 saturated carbocycles. The van der Waals surface area contributed by atoms with Crippen molar-refractivity contribution in [2.75, 3.05) is 7.11 Å². The molecule has 19 heavy (non-hydrogen) atoms. The Kier molecular flexibility index (Phi) is 4.63. The van der Waals surface area contributed by atoms with Gasteiger partial charge in [0.1, 0.15) is 5.75 Å². The fourth-order valence-electron chi connectivity index (χ4n) is 1.68. The van der Waals surface area contributed by atoms with Crippen molar-refractivity contribution in [1.82, 2.24) is 0 Å². The fraction of sp³-hybridized carbons (Fsp3) is 0.188. The molecule has 0 aliphatic carbocycles. The minimum atomic E-state index is 0.147. The molecule has 0 saturated heterocycles. The van der Waals surface area contributed by atoms with Crippen LogP contribution < -0.4 is 4.74 Å². The lowest BCUT2D eigenvalue weighted by Crippen LogP contribution is -1.97. The summed E-state index contributed by atoms with van der Waals surface area (Å²) < 4.78 is 5.09. The fourth-order valence-corrected chi connectivity index (χ4v) is 2.46. The number of benzene rings is 2. The monoisotopic (exact) mass is 272 g/mol.